The van der Waals surface area contributed by atoms with E-state index in [0.29, 0.717) is 13.2 Å². The molecule has 0 spiro atoms. The van der Waals surface area contributed by atoms with Gasteiger partial charge in [-0.25, -0.2) is 0 Å². The highest BCUT2D eigenvalue weighted by atomic mass is 28.3. The van der Waals surface area contributed by atoms with Gasteiger partial charge in [0.05, 0.1) is 0 Å². The zero-order valence-corrected chi connectivity index (χ0v) is 12.5. The molecular formula is C14H22O2Si. The van der Waals surface area contributed by atoms with E-state index in [1.165, 1.54) is 0 Å². The Balaban J connectivity index is 4.23. The highest BCUT2D eigenvalue weighted by Crippen LogP contribution is 1.96. The molecule has 17 heavy (non-hydrogen) atoms. The van der Waals surface area contributed by atoms with Crippen molar-refractivity contribution in [2.75, 3.05) is 13.2 Å². The molecule has 94 valence electrons. The van der Waals surface area contributed by atoms with E-state index in [2.05, 4.69) is 42.9 Å². The van der Waals surface area contributed by atoms with Gasteiger partial charge in [-0.2, -0.15) is 0 Å². The summed E-state index contributed by atoms with van der Waals surface area (Å²) in [4.78, 5) is 0. The minimum Gasteiger partial charge on any atom is -0.342 e. The average molecular weight is 250 g/mol. The van der Waals surface area contributed by atoms with Crippen LogP contribution in [-0.4, -0.2) is 27.6 Å². The number of allylic oxidation sites excluding steroid dienone is 2. The first-order valence-electron chi connectivity index (χ1n) is 5.91. The second-order valence-corrected chi connectivity index (χ2v) is 9.13. The van der Waals surface area contributed by atoms with Crippen LogP contribution in [0.1, 0.15) is 13.8 Å². The van der Waals surface area contributed by atoms with E-state index in [1.807, 2.05) is 13.8 Å². The number of ether oxygens (including phenoxy) is 2. The molecule has 0 aromatic carbocycles. The Morgan fingerprint density at radius 1 is 1.00 bits per heavy atom. The van der Waals surface area contributed by atoms with Crippen molar-refractivity contribution in [3.8, 4) is 23.3 Å². The minimum absolute atomic E-state index is 0.431. The van der Waals surface area contributed by atoms with Crippen LogP contribution in [0.3, 0.4) is 0 Å². The van der Waals surface area contributed by atoms with Gasteiger partial charge in [-0.3, -0.25) is 0 Å². The lowest BCUT2D eigenvalue weighted by molar-refractivity contribution is -0.0969. The Kier molecular flexibility index (Phi) is 8.54. The van der Waals surface area contributed by atoms with Crippen molar-refractivity contribution in [3.05, 3.63) is 12.2 Å². The molecular weight excluding hydrogens is 228 g/mol. The van der Waals surface area contributed by atoms with Gasteiger partial charge in [0.25, 0.3) is 0 Å². The topological polar surface area (TPSA) is 18.5 Å². The van der Waals surface area contributed by atoms with Crippen LogP contribution in [0.4, 0.5) is 0 Å². The van der Waals surface area contributed by atoms with Gasteiger partial charge >= 0.3 is 0 Å². The molecule has 0 aliphatic rings. The van der Waals surface area contributed by atoms with Crippen molar-refractivity contribution in [2.45, 2.75) is 39.8 Å². The molecule has 0 saturated heterocycles. The highest BCUT2D eigenvalue weighted by molar-refractivity contribution is 6.83. The Hall–Kier alpha value is -1.00. The van der Waals surface area contributed by atoms with E-state index < -0.39 is 14.4 Å². The van der Waals surface area contributed by atoms with Crippen molar-refractivity contribution in [2.24, 2.45) is 0 Å². The van der Waals surface area contributed by atoms with Gasteiger partial charge in [0, 0.05) is 13.2 Å². The maximum atomic E-state index is 5.28. The van der Waals surface area contributed by atoms with Gasteiger partial charge in [-0.1, -0.05) is 31.5 Å². The number of rotatable bonds is 4. The van der Waals surface area contributed by atoms with Crippen molar-refractivity contribution >= 4 is 8.07 Å². The summed E-state index contributed by atoms with van der Waals surface area (Å²) in [6.07, 6.45) is 3.08. The predicted octanol–water partition coefficient (Wildman–Crippen LogP) is 2.83. The first-order valence-corrected chi connectivity index (χ1v) is 9.41. The number of hydrogen-bond donors (Lipinski definition) is 0. The SMILES string of the molecule is CCOC(C#C/C=C/C#C[Si](C)(C)C)OCC. The summed E-state index contributed by atoms with van der Waals surface area (Å²) in [5.41, 5.74) is 3.23. The smallest absolute Gasteiger partial charge is 0.222 e. The Morgan fingerprint density at radius 3 is 2.00 bits per heavy atom. The van der Waals surface area contributed by atoms with E-state index in [-0.39, 0.29) is 0 Å². The molecule has 0 heterocycles. The predicted molar refractivity (Wildman–Crippen MR) is 75.1 cm³/mol. The highest BCUT2D eigenvalue weighted by Gasteiger charge is 2.06. The molecule has 0 amide bonds. The summed E-state index contributed by atoms with van der Waals surface area (Å²) < 4.78 is 10.6. The lowest BCUT2D eigenvalue weighted by Gasteiger charge is -2.09. The first-order chi connectivity index (χ1) is 7.99. The Morgan fingerprint density at radius 2 is 1.53 bits per heavy atom. The average Bonchev–Trinajstić information content (AvgIpc) is 2.22. The van der Waals surface area contributed by atoms with Crippen molar-refractivity contribution in [1.29, 1.82) is 0 Å². The second-order valence-electron chi connectivity index (χ2n) is 4.38. The fraction of sp³-hybridized carbons (Fsp3) is 0.571. The monoisotopic (exact) mass is 250 g/mol. The fourth-order valence-corrected chi connectivity index (χ4v) is 1.41. The van der Waals surface area contributed by atoms with E-state index in [1.54, 1.807) is 12.2 Å². The standard InChI is InChI=1S/C14H22O2Si/c1-6-15-14(16-7-2)12-10-8-9-11-13-17(3,4)5/h8-9,14H,6-7H2,1-5H3/b9-8+. The molecule has 0 unspecified atom stereocenters. The van der Waals surface area contributed by atoms with Gasteiger partial charge in [0.1, 0.15) is 8.07 Å². The molecule has 0 aromatic heterocycles. The second kappa shape index (κ2) is 9.07. The summed E-state index contributed by atoms with van der Waals surface area (Å²) in [6, 6.07) is 0. The molecule has 0 bridgehead atoms. The third kappa shape index (κ3) is 11.3. The zero-order valence-electron chi connectivity index (χ0n) is 11.5. The number of hydrogen-bond acceptors (Lipinski definition) is 2. The lowest BCUT2D eigenvalue weighted by Crippen LogP contribution is -2.16. The normalized spacial score (nSPS) is 10.9. The van der Waals surface area contributed by atoms with Crippen LogP contribution in [-0.2, 0) is 9.47 Å². The molecule has 0 fully saturated rings. The van der Waals surface area contributed by atoms with Gasteiger partial charge in [-0.15, -0.1) is 5.54 Å². The van der Waals surface area contributed by atoms with E-state index in [0.717, 1.165) is 0 Å². The maximum Gasteiger partial charge on any atom is 0.222 e. The Labute approximate surface area is 106 Å². The van der Waals surface area contributed by atoms with E-state index >= 15 is 0 Å². The molecule has 0 aliphatic carbocycles. The molecule has 0 N–H and O–H groups in total. The molecule has 0 aliphatic heterocycles. The van der Waals surface area contributed by atoms with Gasteiger partial charge < -0.3 is 9.47 Å². The molecule has 3 heteroatoms. The third-order valence-corrected chi connectivity index (χ3v) is 2.43. The fourth-order valence-electron chi connectivity index (χ4n) is 0.892. The third-order valence-electron chi connectivity index (χ3n) is 1.53. The van der Waals surface area contributed by atoms with E-state index in [4.69, 9.17) is 9.47 Å². The van der Waals surface area contributed by atoms with Crippen LogP contribution >= 0.6 is 0 Å². The quantitative estimate of drug-likeness (QED) is 0.434. The molecule has 0 rings (SSSR count). The summed E-state index contributed by atoms with van der Waals surface area (Å²) in [5, 5.41) is 0. The van der Waals surface area contributed by atoms with Crippen LogP contribution in [0, 0.1) is 23.3 Å². The summed E-state index contributed by atoms with van der Waals surface area (Å²) in [6.45, 7) is 11.7. The van der Waals surface area contributed by atoms with Gasteiger partial charge in [0.15, 0.2) is 0 Å². The lowest BCUT2D eigenvalue weighted by atomic mass is 10.5. The zero-order chi connectivity index (χ0) is 13.1. The van der Waals surface area contributed by atoms with Crippen LogP contribution in [0.2, 0.25) is 19.6 Å². The van der Waals surface area contributed by atoms with Crippen LogP contribution in [0.5, 0.6) is 0 Å². The maximum absolute atomic E-state index is 5.28. The summed E-state index contributed by atoms with van der Waals surface area (Å²) >= 11 is 0. The molecule has 0 aromatic rings. The van der Waals surface area contributed by atoms with Gasteiger partial charge in [0.2, 0.25) is 6.29 Å². The molecule has 0 radical (unpaired) electrons. The minimum atomic E-state index is -1.27. The van der Waals surface area contributed by atoms with Crippen LogP contribution in [0.25, 0.3) is 0 Å². The van der Waals surface area contributed by atoms with Crippen LogP contribution < -0.4 is 0 Å². The molecule has 2 nitrogen and oxygen atoms in total. The van der Waals surface area contributed by atoms with Crippen molar-refractivity contribution in [1.82, 2.24) is 0 Å². The molecule has 0 saturated carbocycles. The largest absolute Gasteiger partial charge is 0.342 e. The van der Waals surface area contributed by atoms with E-state index in [9.17, 15) is 0 Å². The molecule has 0 atom stereocenters. The van der Waals surface area contributed by atoms with Crippen molar-refractivity contribution in [3.63, 3.8) is 0 Å². The van der Waals surface area contributed by atoms with Gasteiger partial charge in [-0.05, 0) is 31.9 Å². The first kappa shape index (κ1) is 16.0. The Bertz CT molecular complexity index is 338. The summed E-state index contributed by atoms with van der Waals surface area (Å²) in [7, 11) is -1.27. The summed E-state index contributed by atoms with van der Waals surface area (Å²) in [5.74, 6) is 8.77. The van der Waals surface area contributed by atoms with Crippen LogP contribution in [0.15, 0.2) is 12.2 Å². The van der Waals surface area contributed by atoms with Crippen molar-refractivity contribution < 1.29 is 9.47 Å².